The molecule has 1 saturated heterocycles. The summed E-state index contributed by atoms with van der Waals surface area (Å²) < 4.78 is 2.02. The molecular formula is C30H40N6. The molecule has 0 amide bonds. The fourth-order valence-electron chi connectivity index (χ4n) is 6.49. The van der Waals surface area contributed by atoms with Gasteiger partial charge in [0.05, 0.1) is 29.7 Å². The summed E-state index contributed by atoms with van der Waals surface area (Å²) in [5.74, 6) is 1.84. The summed E-state index contributed by atoms with van der Waals surface area (Å²) in [5.41, 5.74) is 5.26. The predicted molar refractivity (Wildman–Crippen MR) is 148 cm³/mol. The first-order valence-corrected chi connectivity index (χ1v) is 14.0. The molecule has 1 atom stereocenters. The minimum Gasteiger partial charge on any atom is -0.368 e. The third kappa shape index (κ3) is 5.01. The summed E-state index contributed by atoms with van der Waals surface area (Å²) in [6.07, 6.45) is 22.5. The maximum Gasteiger partial charge on any atom is 0.128 e. The number of aliphatic imine (C=N–C) groups is 1. The monoisotopic (exact) mass is 484 g/mol. The van der Waals surface area contributed by atoms with Gasteiger partial charge in [-0.05, 0) is 100 Å². The molecule has 1 saturated carbocycles. The molecule has 190 valence electrons. The largest absolute Gasteiger partial charge is 0.368 e. The normalized spacial score (nSPS) is 31.9. The van der Waals surface area contributed by atoms with Crippen molar-refractivity contribution in [2.24, 2.45) is 10.9 Å². The topological polar surface area (TPSA) is 48.2 Å². The SMILES string of the molecule is CN1CC=NC2=C(\C[C@H]3CC[C@@H](Nc4cccc5ccnn45)CC3)C/C=C/[C@@H](N3CCCCC3)/C=C\21. The molecule has 4 aliphatic rings. The highest BCUT2D eigenvalue weighted by atomic mass is 15.3. The van der Waals surface area contributed by atoms with Gasteiger partial charge in [-0.2, -0.15) is 5.10 Å². The van der Waals surface area contributed by atoms with Gasteiger partial charge >= 0.3 is 0 Å². The van der Waals surface area contributed by atoms with E-state index in [4.69, 9.17) is 4.99 Å². The van der Waals surface area contributed by atoms with Crippen molar-refractivity contribution in [1.29, 1.82) is 0 Å². The lowest BCUT2D eigenvalue weighted by atomic mass is 9.80. The highest BCUT2D eigenvalue weighted by Gasteiger charge is 2.27. The lowest BCUT2D eigenvalue weighted by Gasteiger charge is -2.35. The molecule has 2 fully saturated rings. The van der Waals surface area contributed by atoms with Crippen molar-refractivity contribution in [1.82, 2.24) is 19.4 Å². The molecule has 2 aromatic heterocycles. The Morgan fingerprint density at radius 2 is 1.89 bits per heavy atom. The van der Waals surface area contributed by atoms with Crippen LogP contribution in [0.2, 0.25) is 0 Å². The van der Waals surface area contributed by atoms with Crippen LogP contribution in [0.3, 0.4) is 0 Å². The van der Waals surface area contributed by atoms with E-state index < -0.39 is 0 Å². The molecule has 1 N–H and O–H groups in total. The lowest BCUT2D eigenvalue weighted by Crippen LogP contribution is -2.38. The number of hydrogen-bond acceptors (Lipinski definition) is 5. The van der Waals surface area contributed by atoms with Crippen LogP contribution in [0, 0.1) is 5.92 Å². The molecule has 36 heavy (non-hydrogen) atoms. The van der Waals surface area contributed by atoms with Gasteiger partial charge in [-0.15, -0.1) is 0 Å². The minimum atomic E-state index is 0.397. The second-order valence-corrected chi connectivity index (χ2v) is 11.1. The zero-order valence-corrected chi connectivity index (χ0v) is 21.6. The average molecular weight is 485 g/mol. The summed E-state index contributed by atoms with van der Waals surface area (Å²) in [7, 11) is 2.23. The number of nitrogens with zero attached hydrogens (tertiary/aromatic N) is 5. The number of pyridine rings is 1. The van der Waals surface area contributed by atoms with Crippen LogP contribution in [0.5, 0.6) is 0 Å². The van der Waals surface area contributed by atoms with E-state index in [0.29, 0.717) is 12.1 Å². The quantitative estimate of drug-likeness (QED) is 0.556. The third-order valence-electron chi connectivity index (χ3n) is 8.56. The zero-order chi connectivity index (χ0) is 24.3. The first-order valence-electron chi connectivity index (χ1n) is 14.0. The number of anilines is 1. The average Bonchev–Trinajstić information content (AvgIpc) is 3.39. The van der Waals surface area contributed by atoms with Crippen LogP contribution in [-0.2, 0) is 0 Å². The number of fused-ring (bicyclic) bond motifs is 2. The van der Waals surface area contributed by atoms with Gasteiger partial charge in [-0.1, -0.05) is 24.6 Å². The highest BCUT2D eigenvalue weighted by Crippen LogP contribution is 2.36. The van der Waals surface area contributed by atoms with Crippen LogP contribution in [0.4, 0.5) is 5.82 Å². The molecular weight excluding hydrogens is 444 g/mol. The molecule has 6 nitrogen and oxygen atoms in total. The van der Waals surface area contributed by atoms with E-state index in [9.17, 15) is 0 Å². The smallest absolute Gasteiger partial charge is 0.128 e. The highest BCUT2D eigenvalue weighted by molar-refractivity contribution is 5.66. The number of allylic oxidation sites excluding steroid dienone is 2. The van der Waals surface area contributed by atoms with E-state index in [2.05, 4.69) is 76.0 Å². The van der Waals surface area contributed by atoms with Gasteiger partial charge < -0.3 is 10.2 Å². The first kappa shape index (κ1) is 23.5. The molecule has 6 heteroatoms. The molecule has 2 aliphatic heterocycles. The first-order chi connectivity index (χ1) is 17.7. The van der Waals surface area contributed by atoms with Crippen LogP contribution in [0.25, 0.3) is 5.52 Å². The summed E-state index contributed by atoms with van der Waals surface area (Å²) in [4.78, 5) is 10.0. The van der Waals surface area contributed by atoms with E-state index in [1.807, 2.05) is 10.7 Å². The summed E-state index contributed by atoms with van der Waals surface area (Å²) in [6.45, 7) is 3.33. The second kappa shape index (κ2) is 10.6. The third-order valence-corrected chi connectivity index (χ3v) is 8.56. The van der Waals surface area contributed by atoms with Gasteiger partial charge in [0, 0.05) is 25.3 Å². The predicted octanol–water partition coefficient (Wildman–Crippen LogP) is 5.66. The van der Waals surface area contributed by atoms with E-state index in [1.165, 1.54) is 75.0 Å². The Hall–Kier alpha value is -2.86. The van der Waals surface area contributed by atoms with Gasteiger partial charge in [0.2, 0.25) is 0 Å². The van der Waals surface area contributed by atoms with Crippen LogP contribution < -0.4 is 5.32 Å². The number of rotatable bonds is 5. The van der Waals surface area contributed by atoms with E-state index in [0.717, 1.165) is 36.6 Å². The Balaban J connectivity index is 1.14. The molecule has 0 bridgehead atoms. The number of nitrogens with one attached hydrogen (secondary N) is 1. The number of hydrogen-bond donors (Lipinski definition) is 1. The van der Waals surface area contributed by atoms with E-state index >= 15 is 0 Å². The zero-order valence-electron chi connectivity index (χ0n) is 21.6. The van der Waals surface area contributed by atoms with Gasteiger partial charge in [-0.3, -0.25) is 9.89 Å². The van der Waals surface area contributed by atoms with Crippen LogP contribution >= 0.6 is 0 Å². The Morgan fingerprint density at radius 3 is 2.75 bits per heavy atom. The number of likely N-dealkylation sites (N-methyl/N-ethyl adjacent to an activating group) is 1. The van der Waals surface area contributed by atoms with Crippen LogP contribution in [-0.4, -0.2) is 64.4 Å². The van der Waals surface area contributed by atoms with E-state index in [-0.39, 0.29) is 0 Å². The molecule has 2 aromatic rings. The molecule has 2 aliphatic carbocycles. The van der Waals surface area contributed by atoms with Crippen molar-refractivity contribution in [2.45, 2.75) is 69.9 Å². The Morgan fingerprint density at radius 1 is 1.03 bits per heavy atom. The van der Waals surface area contributed by atoms with E-state index in [1.54, 1.807) is 0 Å². The molecule has 6 rings (SSSR count). The lowest BCUT2D eigenvalue weighted by molar-refractivity contribution is 0.213. The van der Waals surface area contributed by atoms with Crippen LogP contribution in [0.15, 0.2) is 70.6 Å². The van der Waals surface area contributed by atoms with Crippen molar-refractivity contribution in [3.8, 4) is 0 Å². The fourth-order valence-corrected chi connectivity index (χ4v) is 6.49. The number of likely N-dealkylation sites (tertiary alicyclic amines) is 1. The van der Waals surface area contributed by atoms with Gasteiger partial charge in [0.25, 0.3) is 0 Å². The molecule has 0 unspecified atom stereocenters. The summed E-state index contributed by atoms with van der Waals surface area (Å²) >= 11 is 0. The summed E-state index contributed by atoms with van der Waals surface area (Å²) in [6, 6.07) is 9.34. The molecule has 0 radical (unpaired) electrons. The van der Waals surface area contributed by atoms with Gasteiger partial charge in [0.15, 0.2) is 0 Å². The minimum absolute atomic E-state index is 0.397. The van der Waals surface area contributed by atoms with Crippen molar-refractivity contribution < 1.29 is 0 Å². The maximum absolute atomic E-state index is 4.99. The maximum atomic E-state index is 4.99. The number of piperidine rings is 1. The summed E-state index contributed by atoms with van der Waals surface area (Å²) in [5, 5.41) is 8.26. The molecule has 0 aromatic carbocycles. The number of aromatic nitrogens is 2. The Bertz CT molecular complexity index is 1170. The van der Waals surface area contributed by atoms with Crippen LogP contribution in [0.1, 0.15) is 57.8 Å². The Kier molecular flexibility index (Phi) is 6.95. The Labute approximate surface area is 215 Å². The van der Waals surface area contributed by atoms with Gasteiger partial charge in [0.1, 0.15) is 5.82 Å². The second-order valence-electron chi connectivity index (χ2n) is 11.1. The molecule has 4 heterocycles. The van der Waals surface area contributed by atoms with Crippen molar-refractivity contribution >= 4 is 17.5 Å². The van der Waals surface area contributed by atoms with Crippen molar-refractivity contribution in [2.75, 3.05) is 32.0 Å². The van der Waals surface area contributed by atoms with Crippen molar-refractivity contribution in [3.63, 3.8) is 0 Å². The molecule has 0 spiro atoms. The van der Waals surface area contributed by atoms with Gasteiger partial charge in [-0.25, -0.2) is 4.52 Å². The van der Waals surface area contributed by atoms with Crippen molar-refractivity contribution in [3.05, 3.63) is 65.7 Å². The standard InChI is InChI=1S/C30H40N6/c1-34-20-17-31-30-24(7-5-9-27(22-28(30)34)35-18-3-2-4-19-35)21-23-11-13-25(14-12-23)33-29-10-6-8-26-15-16-32-36(26)29/h5-6,8-10,15-17,22-23,25,27,33H,2-4,7,11-14,18-21H2,1H3/b9-5+,28-22+,30-24-/t23-,25+,27-/m1/s1. The fraction of sp³-hybridized carbons (Fsp3) is 0.533.